The number of amides is 1. The highest BCUT2D eigenvalue weighted by Gasteiger charge is 2.10. The van der Waals surface area contributed by atoms with Crippen LogP contribution in [0, 0.1) is 0 Å². The third-order valence-corrected chi connectivity index (χ3v) is 2.71. The van der Waals surface area contributed by atoms with Gasteiger partial charge in [-0.3, -0.25) is 9.48 Å². The molecule has 6 heteroatoms. The standard InChI is InChI=1S/C14H18N4O2/c1-2-20-13-6-4-3-5-12(13)14(19)16-7-8-18-10-11(15)9-17-18/h3-6,9-10H,2,7-8,15H2,1H3,(H,16,19). The van der Waals surface area contributed by atoms with Crippen LogP contribution in [0.25, 0.3) is 0 Å². The van der Waals surface area contributed by atoms with E-state index in [4.69, 9.17) is 10.5 Å². The quantitative estimate of drug-likeness (QED) is 0.831. The number of hydrogen-bond donors (Lipinski definition) is 2. The van der Waals surface area contributed by atoms with Gasteiger partial charge in [0.2, 0.25) is 0 Å². The van der Waals surface area contributed by atoms with Gasteiger partial charge in [-0.05, 0) is 19.1 Å². The maximum atomic E-state index is 12.1. The van der Waals surface area contributed by atoms with Gasteiger partial charge < -0.3 is 15.8 Å². The molecule has 0 spiro atoms. The lowest BCUT2D eigenvalue weighted by Crippen LogP contribution is -2.27. The highest BCUT2D eigenvalue weighted by atomic mass is 16.5. The number of hydrogen-bond acceptors (Lipinski definition) is 4. The van der Waals surface area contributed by atoms with E-state index in [-0.39, 0.29) is 5.91 Å². The number of benzene rings is 1. The molecule has 0 aliphatic carbocycles. The number of nitrogen functional groups attached to an aromatic ring is 1. The van der Waals surface area contributed by atoms with E-state index in [9.17, 15) is 4.79 Å². The largest absolute Gasteiger partial charge is 0.493 e. The number of para-hydroxylation sites is 1. The molecule has 2 aromatic rings. The van der Waals surface area contributed by atoms with Gasteiger partial charge in [-0.15, -0.1) is 0 Å². The van der Waals surface area contributed by atoms with Crippen LogP contribution in [0.5, 0.6) is 5.75 Å². The molecular weight excluding hydrogens is 256 g/mol. The minimum Gasteiger partial charge on any atom is -0.493 e. The minimum atomic E-state index is -0.158. The zero-order chi connectivity index (χ0) is 14.4. The lowest BCUT2D eigenvalue weighted by molar-refractivity contribution is 0.0948. The van der Waals surface area contributed by atoms with Gasteiger partial charge in [0.15, 0.2) is 0 Å². The maximum absolute atomic E-state index is 12.1. The van der Waals surface area contributed by atoms with E-state index >= 15 is 0 Å². The zero-order valence-electron chi connectivity index (χ0n) is 11.4. The van der Waals surface area contributed by atoms with Crippen molar-refractivity contribution in [2.24, 2.45) is 0 Å². The van der Waals surface area contributed by atoms with Crippen molar-refractivity contribution in [3.8, 4) is 5.75 Å². The molecule has 6 nitrogen and oxygen atoms in total. The van der Waals surface area contributed by atoms with Crippen LogP contribution in [-0.4, -0.2) is 28.8 Å². The summed E-state index contributed by atoms with van der Waals surface area (Å²) in [7, 11) is 0. The van der Waals surface area contributed by atoms with Crippen molar-refractivity contribution in [3.63, 3.8) is 0 Å². The van der Waals surface area contributed by atoms with Crippen LogP contribution in [0.4, 0.5) is 5.69 Å². The predicted molar refractivity (Wildman–Crippen MR) is 76.6 cm³/mol. The Morgan fingerprint density at radius 1 is 1.45 bits per heavy atom. The van der Waals surface area contributed by atoms with Crippen molar-refractivity contribution in [1.82, 2.24) is 15.1 Å². The first-order valence-corrected chi connectivity index (χ1v) is 6.48. The molecule has 1 amide bonds. The summed E-state index contributed by atoms with van der Waals surface area (Å²) in [6, 6.07) is 7.18. The van der Waals surface area contributed by atoms with Gasteiger partial charge in [0.1, 0.15) is 5.75 Å². The molecule has 0 saturated heterocycles. The summed E-state index contributed by atoms with van der Waals surface area (Å²) in [5.74, 6) is 0.435. The second kappa shape index (κ2) is 6.60. The van der Waals surface area contributed by atoms with E-state index in [1.54, 1.807) is 29.2 Å². The van der Waals surface area contributed by atoms with E-state index in [0.29, 0.717) is 36.7 Å². The van der Waals surface area contributed by atoms with E-state index in [2.05, 4.69) is 10.4 Å². The normalized spacial score (nSPS) is 10.2. The molecule has 1 aromatic carbocycles. The molecular formula is C14H18N4O2. The van der Waals surface area contributed by atoms with E-state index in [0.717, 1.165) is 0 Å². The molecule has 3 N–H and O–H groups in total. The van der Waals surface area contributed by atoms with E-state index < -0.39 is 0 Å². The number of ether oxygens (including phenoxy) is 1. The number of carbonyl (C=O) groups excluding carboxylic acids is 1. The van der Waals surface area contributed by atoms with Crippen LogP contribution >= 0.6 is 0 Å². The Labute approximate surface area is 117 Å². The molecule has 1 heterocycles. The zero-order valence-corrected chi connectivity index (χ0v) is 11.4. The second-order valence-electron chi connectivity index (χ2n) is 4.22. The number of rotatable bonds is 6. The monoisotopic (exact) mass is 274 g/mol. The summed E-state index contributed by atoms with van der Waals surface area (Å²) in [6.07, 6.45) is 3.30. The lowest BCUT2D eigenvalue weighted by Gasteiger charge is -2.10. The smallest absolute Gasteiger partial charge is 0.255 e. The number of nitrogens with one attached hydrogen (secondary N) is 1. The van der Waals surface area contributed by atoms with Crippen molar-refractivity contribution >= 4 is 11.6 Å². The summed E-state index contributed by atoms with van der Waals surface area (Å²) in [5.41, 5.74) is 6.71. The first kappa shape index (κ1) is 13.9. The van der Waals surface area contributed by atoms with Crippen molar-refractivity contribution in [2.75, 3.05) is 18.9 Å². The predicted octanol–water partition coefficient (Wildman–Crippen LogP) is 1.29. The number of nitrogens with two attached hydrogens (primary N) is 1. The van der Waals surface area contributed by atoms with Gasteiger partial charge >= 0.3 is 0 Å². The molecule has 0 saturated carbocycles. The van der Waals surface area contributed by atoms with Gasteiger partial charge in [0.25, 0.3) is 5.91 Å². The second-order valence-corrected chi connectivity index (χ2v) is 4.22. The fourth-order valence-electron chi connectivity index (χ4n) is 1.82. The fourth-order valence-corrected chi connectivity index (χ4v) is 1.82. The molecule has 0 aliphatic rings. The summed E-state index contributed by atoms with van der Waals surface area (Å²) < 4.78 is 7.12. The Morgan fingerprint density at radius 2 is 2.25 bits per heavy atom. The summed E-state index contributed by atoms with van der Waals surface area (Å²) >= 11 is 0. The molecule has 1 aromatic heterocycles. The van der Waals surface area contributed by atoms with Crippen LogP contribution in [0.15, 0.2) is 36.7 Å². The Balaban J connectivity index is 1.91. The van der Waals surface area contributed by atoms with Gasteiger partial charge in [0, 0.05) is 12.7 Å². The van der Waals surface area contributed by atoms with Gasteiger partial charge in [-0.2, -0.15) is 5.10 Å². The third kappa shape index (κ3) is 3.50. The highest BCUT2D eigenvalue weighted by molar-refractivity contribution is 5.96. The Kier molecular flexibility index (Phi) is 4.60. The average Bonchev–Trinajstić information content (AvgIpc) is 2.85. The molecule has 2 rings (SSSR count). The van der Waals surface area contributed by atoms with Crippen LogP contribution in [0.1, 0.15) is 17.3 Å². The van der Waals surface area contributed by atoms with E-state index in [1.807, 2.05) is 19.1 Å². The molecule has 0 radical (unpaired) electrons. The van der Waals surface area contributed by atoms with Gasteiger partial charge in [0.05, 0.1) is 30.6 Å². The molecule has 0 bridgehead atoms. The molecule has 0 unspecified atom stereocenters. The summed E-state index contributed by atoms with van der Waals surface area (Å²) in [5, 5.41) is 6.88. The van der Waals surface area contributed by atoms with Crippen molar-refractivity contribution in [1.29, 1.82) is 0 Å². The maximum Gasteiger partial charge on any atom is 0.255 e. The average molecular weight is 274 g/mol. The van der Waals surface area contributed by atoms with Crippen molar-refractivity contribution in [2.45, 2.75) is 13.5 Å². The van der Waals surface area contributed by atoms with Gasteiger partial charge in [-0.25, -0.2) is 0 Å². The van der Waals surface area contributed by atoms with Gasteiger partial charge in [-0.1, -0.05) is 12.1 Å². The topological polar surface area (TPSA) is 82.2 Å². The SMILES string of the molecule is CCOc1ccccc1C(=O)NCCn1cc(N)cn1. The van der Waals surface area contributed by atoms with Crippen LogP contribution in [0.3, 0.4) is 0 Å². The number of anilines is 1. The first-order valence-electron chi connectivity index (χ1n) is 6.48. The molecule has 0 atom stereocenters. The van der Waals surface area contributed by atoms with Crippen LogP contribution in [0.2, 0.25) is 0 Å². The van der Waals surface area contributed by atoms with Crippen molar-refractivity contribution < 1.29 is 9.53 Å². The van der Waals surface area contributed by atoms with Crippen molar-refractivity contribution in [3.05, 3.63) is 42.2 Å². The Hall–Kier alpha value is -2.50. The highest BCUT2D eigenvalue weighted by Crippen LogP contribution is 2.17. The molecule has 0 aliphatic heterocycles. The molecule has 20 heavy (non-hydrogen) atoms. The molecule has 0 fully saturated rings. The Bertz CT molecular complexity index is 580. The minimum absolute atomic E-state index is 0.158. The van der Waals surface area contributed by atoms with E-state index in [1.165, 1.54) is 0 Å². The number of nitrogens with zero attached hydrogens (tertiary/aromatic N) is 2. The van der Waals surface area contributed by atoms with Crippen LogP contribution < -0.4 is 15.8 Å². The molecule has 106 valence electrons. The first-order chi connectivity index (χ1) is 9.70. The number of carbonyl (C=O) groups is 1. The van der Waals surface area contributed by atoms with Crippen LogP contribution in [-0.2, 0) is 6.54 Å². The lowest BCUT2D eigenvalue weighted by atomic mass is 10.2. The summed E-state index contributed by atoms with van der Waals surface area (Å²) in [6.45, 7) is 3.45. The number of aromatic nitrogens is 2. The fraction of sp³-hybridized carbons (Fsp3) is 0.286. The third-order valence-electron chi connectivity index (χ3n) is 2.71. The summed E-state index contributed by atoms with van der Waals surface area (Å²) in [4.78, 5) is 12.1. The Morgan fingerprint density at radius 3 is 2.95 bits per heavy atom.